The standard InChI is InChI=1S/C17H24N2O3/c20-12-15(19-16(21)14-9-5-2-6-10-14)17(22)18-11-13-7-3-1-4-8-13/h2,5-6,9-10,13,15,20H,1,3-4,7-8,11-12H2,(H,18,22)(H,19,21). The van der Waals surface area contributed by atoms with Crippen LogP contribution in [-0.4, -0.2) is 36.1 Å². The van der Waals surface area contributed by atoms with Gasteiger partial charge in [-0.3, -0.25) is 9.59 Å². The summed E-state index contributed by atoms with van der Waals surface area (Å²) in [4.78, 5) is 24.1. The molecule has 1 unspecified atom stereocenters. The lowest BCUT2D eigenvalue weighted by molar-refractivity contribution is -0.124. The number of carbonyl (C=O) groups excluding carboxylic acids is 2. The van der Waals surface area contributed by atoms with Gasteiger partial charge in [-0.2, -0.15) is 0 Å². The minimum Gasteiger partial charge on any atom is -0.394 e. The predicted octanol–water partition coefficient (Wildman–Crippen LogP) is 1.47. The van der Waals surface area contributed by atoms with E-state index in [2.05, 4.69) is 10.6 Å². The fourth-order valence-corrected chi connectivity index (χ4v) is 2.78. The summed E-state index contributed by atoms with van der Waals surface area (Å²) in [6.45, 7) is 0.214. The Morgan fingerprint density at radius 1 is 1.14 bits per heavy atom. The van der Waals surface area contributed by atoms with Gasteiger partial charge in [-0.25, -0.2) is 0 Å². The Labute approximate surface area is 131 Å². The van der Waals surface area contributed by atoms with Crippen molar-refractivity contribution >= 4 is 11.8 Å². The van der Waals surface area contributed by atoms with E-state index in [4.69, 9.17) is 0 Å². The summed E-state index contributed by atoms with van der Waals surface area (Å²) in [5.41, 5.74) is 0.473. The average Bonchev–Trinajstić information content (AvgIpc) is 2.59. The van der Waals surface area contributed by atoms with Gasteiger partial charge in [-0.05, 0) is 30.9 Å². The van der Waals surface area contributed by atoms with Crippen molar-refractivity contribution in [3.8, 4) is 0 Å². The van der Waals surface area contributed by atoms with Crippen molar-refractivity contribution in [2.45, 2.75) is 38.1 Å². The second kappa shape index (κ2) is 8.54. The van der Waals surface area contributed by atoms with Crippen LogP contribution in [0.15, 0.2) is 30.3 Å². The number of hydrogen-bond acceptors (Lipinski definition) is 3. The molecule has 1 aromatic carbocycles. The number of amides is 2. The molecular formula is C17H24N2O3. The van der Waals surface area contributed by atoms with Gasteiger partial charge in [-0.15, -0.1) is 0 Å². The summed E-state index contributed by atoms with van der Waals surface area (Å²) >= 11 is 0. The smallest absolute Gasteiger partial charge is 0.251 e. The molecule has 0 bridgehead atoms. The van der Waals surface area contributed by atoms with Gasteiger partial charge < -0.3 is 15.7 Å². The highest BCUT2D eigenvalue weighted by molar-refractivity contribution is 5.97. The lowest BCUT2D eigenvalue weighted by atomic mass is 9.89. The molecule has 120 valence electrons. The summed E-state index contributed by atoms with van der Waals surface area (Å²) in [6.07, 6.45) is 5.99. The molecule has 3 N–H and O–H groups in total. The van der Waals surface area contributed by atoms with Gasteiger partial charge in [0.1, 0.15) is 6.04 Å². The van der Waals surface area contributed by atoms with Crippen LogP contribution in [0.2, 0.25) is 0 Å². The quantitative estimate of drug-likeness (QED) is 0.745. The first kappa shape index (κ1) is 16.5. The van der Waals surface area contributed by atoms with E-state index >= 15 is 0 Å². The van der Waals surface area contributed by atoms with Crippen LogP contribution in [0.4, 0.5) is 0 Å². The Morgan fingerprint density at radius 2 is 1.82 bits per heavy atom. The second-order valence-electron chi connectivity index (χ2n) is 5.82. The second-order valence-corrected chi connectivity index (χ2v) is 5.82. The van der Waals surface area contributed by atoms with Crippen molar-refractivity contribution in [3.05, 3.63) is 35.9 Å². The first-order valence-electron chi connectivity index (χ1n) is 7.95. The third kappa shape index (κ3) is 4.84. The Morgan fingerprint density at radius 3 is 2.45 bits per heavy atom. The van der Waals surface area contributed by atoms with E-state index in [-0.39, 0.29) is 11.8 Å². The molecule has 1 fully saturated rings. The Balaban J connectivity index is 1.82. The minimum atomic E-state index is -0.906. The lowest BCUT2D eigenvalue weighted by Gasteiger charge is -2.23. The maximum absolute atomic E-state index is 12.1. The van der Waals surface area contributed by atoms with Crippen LogP contribution in [0.3, 0.4) is 0 Å². The zero-order chi connectivity index (χ0) is 15.8. The fourth-order valence-electron chi connectivity index (χ4n) is 2.78. The minimum absolute atomic E-state index is 0.322. The molecule has 5 heteroatoms. The van der Waals surface area contributed by atoms with E-state index in [9.17, 15) is 14.7 Å². The molecule has 1 aliphatic rings. The van der Waals surface area contributed by atoms with Crippen molar-refractivity contribution in [2.24, 2.45) is 5.92 Å². The molecule has 0 spiro atoms. The molecule has 0 aliphatic heterocycles. The largest absolute Gasteiger partial charge is 0.394 e. The van der Waals surface area contributed by atoms with E-state index in [1.54, 1.807) is 24.3 Å². The summed E-state index contributed by atoms with van der Waals surface area (Å²) in [5, 5.41) is 14.8. The summed E-state index contributed by atoms with van der Waals surface area (Å²) in [6, 6.07) is 7.76. The molecule has 0 heterocycles. The SMILES string of the molecule is O=C(NC(CO)C(=O)NCC1CCCCC1)c1ccccc1. The van der Waals surface area contributed by atoms with Crippen molar-refractivity contribution < 1.29 is 14.7 Å². The zero-order valence-electron chi connectivity index (χ0n) is 12.8. The van der Waals surface area contributed by atoms with Crippen molar-refractivity contribution in [1.82, 2.24) is 10.6 Å². The number of aliphatic hydroxyl groups is 1. The number of hydrogen-bond donors (Lipinski definition) is 3. The molecule has 5 nitrogen and oxygen atoms in total. The van der Waals surface area contributed by atoms with E-state index in [0.29, 0.717) is 18.0 Å². The fraction of sp³-hybridized carbons (Fsp3) is 0.529. The number of benzene rings is 1. The number of carbonyl (C=O) groups is 2. The normalized spacial score (nSPS) is 16.8. The van der Waals surface area contributed by atoms with E-state index < -0.39 is 12.6 Å². The topological polar surface area (TPSA) is 78.4 Å². The predicted molar refractivity (Wildman–Crippen MR) is 84.4 cm³/mol. The highest BCUT2D eigenvalue weighted by Gasteiger charge is 2.22. The average molecular weight is 304 g/mol. The molecule has 1 saturated carbocycles. The first-order chi connectivity index (χ1) is 10.7. The van der Waals surface area contributed by atoms with Crippen LogP contribution in [0, 0.1) is 5.92 Å². The van der Waals surface area contributed by atoms with Crippen LogP contribution >= 0.6 is 0 Å². The third-order valence-corrected chi connectivity index (χ3v) is 4.13. The molecule has 1 atom stereocenters. The van der Waals surface area contributed by atoms with Gasteiger partial charge in [0, 0.05) is 12.1 Å². The van der Waals surface area contributed by atoms with Crippen LogP contribution < -0.4 is 10.6 Å². The van der Waals surface area contributed by atoms with Crippen LogP contribution in [-0.2, 0) is 4.79 Å². The van der Waals surface area contributed by atoms with Gasteiger partial charge >= 0.3 is 0 Å². The first-order valence-corrected chi connectivity index (χ1v) is 7.95. The Hall–Kier alpha value is -1.88. The Kier molecular flexibility index (Phi) is 6.40. The highest BCUT2D eigenvalue weighted by atomic mass is 16.3. The maximum atomic E-state index is 12.1. The van der Waals surface area contributed by atoms with Gasteiger partial charge in [0.25, 0.3) is 5.91 Å². The number of aliphatic hydroxyl groups excluding tert-OH is 1. The van der Waals surface area contributed by atoms with E-state index in [1.165, 1.54) is 19.3 Å². The Bertz CT molecular complexity index is 484. The highest BCUT2D eigenvalue weighted by Crippen LogP contribution is 2.22. The molecule has 2 rings (SSSR count). The molecule has 22 heavy (non-hydrogen) atoms. The third-order valence-electron chi connectivity index (χ3n) is 4.13. The van der Waals surface area contributed by atoms with Crippen LogP contribution in [0.5, 0.6) is 0 Å². The summed E-state index contributed by atoms with van der Waals surface area (Å²) in [5.74, 6) is -0.160. The van der Waals surface area contributed by atoms with Crippen molar-refractivity contribution in [1.29, 1.82) is 0 Å². The molecule has 0 radical (unpaired) electrons. The lowest BCUT2D eigenvalue weighted by Crippen LogP contribution is -2.49. The molecule has 0 saturated heterocycles. The molecule has 0 aromatic heterocycles. The van der Waals surface area contributed by atoms with Gasteiger partial charge in [0.05, 0.1) is 6.61 Å². The van der Waals surface area contributed by atoms with Gasteiger partial charge in [0.2, 0.25) is 5.91 Å². The summed E-state index contributed by atoms with van der Waals surface area (Å²) < 4.78 is 0. The van der Waals surface area contributed by atoms with Crippen LogP contribution in [0.1, 0.15) is 42.5 Å². The number of nitrogens with one attached hydrogen (secondary N) is 2. The zero-order valence-corrected chi connectivity index (χ0v) is 12.8. The van der Waals surface area contributed by atoms with Crippen molar-refractivity contribution in [3.63, 3.8) is 0 Å². The van der Waals surface area contributed by atoms with Gasteiger partial charge in [-0.1, -0.05) is 37.5 Å². The van der Waals surface area contributed by atoms with Crippen molar-refractivity contribution in [2.75, 3.05) is 13.2 Å². The van der Waals surface area contributed by atoms with Crippen LogP contribution in [0.25, 0.3) is 0 Å². The summed E-state index contributed by atoms with van der Waals surface area (Å²) in [7, 11) is 0. The number of rotatable bonds is 6. The molecule has 2 amide bonds. The van der Waals surface area contributed by atoms with E-state index in [0.717, 1.165) is 12.8 Å². The molecular weight excluding hydrogens is 280 g/mol. The molecule has 1 aromatic rings. The molecule has 1 aliphatic carbocycles. The van der Waals surface area contributed by atoms with Gasteiger partial charge in [0.15, 0.2) is 0 Å². The van der Waals surface area contributed by atoms with E-state index in [1.807, 2.05) is 6.07 Å². The maximum Gasteiger partial charge on any atom is 0.251 e. The monoisotopic (exact) mass is 304 g/mol.